The van der Waals surface area contributed by atoms with Gasteiger partial charge in [-0.15, -0.1) is 0 Å². The van der Waals surface area contributed by atoms with E-state index in [9.17, 15) is 9.90 Å². The third kappa shape index (κ3) is 3.07. The van der Waals surface area contributed by atoms with Gasteiger partial charge in [0.15, 0.2) is 0 Å². The number of rotatable bonds is 5. The van der Waals surface area contributed by atoms with Crippen LogP contribution in [0.3, 0.4) is 0 Å². The van der Waals surface area contributed by atoms with Crippen molar-refractivity contribution in [2.45, 2.75) is 32.3 Å². The van der Waals surface area contributed by atoms with Gasteiger partial charge < -0.3 is 9.84 Å². The molecule has 0 bridgehead atoms. The van der Waals surface area contributed by atoms with E-state index in [1.165, 1.54) is 0 Å². The van der Waals surface area contributed by atoms with Gasteiger partial charge in [0, 0.05) is 0 Å². The first-order valence-electron chi connectivity index (χ1n) is 5.56. The lowest BCUT2D eigenvalue weighted by molar-refractivity contribution is -0.149. The number of aliphatic hydroxyl groups is 1. The molecule has 0 unspecified atom stereocenters. The van der Waals surface area contributed by atoms with Crippen LogP contribution in [0.5, 0.6) is 0 Å². The highest BCUT2D eigenvalue weighted by Crippen LogP contribution is 2.28. The normalized spacial score (nSPS) is 14.2. The van der Waals surface area contributed by atoms with E-state index in [1.807, 2.05) is 37.3 Å². The zero-order valence-corrected chi connectivity index (χ0v) is 9.77. The second-order valence-corrected chi connectivity index (χ2v) is 3.73. The fourth-order valence-electron chi connectivity index (χ4n) is 1.63. The van der Waals surface area contributed by atoms with Gasteiger partial charge in [0.1, 0.15) is 0 Å². The molecule has 16 heavy (non-hydrogen) atoms. The Hall–Kier alpha value is -1.35. The van der Waals surface area contributed by atoms with Crippen LogP contribution in [-0.4, -0.2) is 17.7 Å². The molecular weight excluding hydrogens is 204 g/mol. The van der Waals surface area contributed by atoms with E-state index in [2.05, 4.69) is 0 Å². The van der Waals surface area contributed by atoms with E-state index in [-0.39, 0.29) is 12.4 Å². The van der Waals surface area contributed by atoms with Gasteiger partial charge in [-0.3, -0.25) is 4.79 Å². The topological polar surface area (TPSA) is 46.5 Å². The Morgan fingerprint density at radius 3 is 2.44 bits per heavy atom. The quantitative estimate of drug-likeness (QED) is 0.777. The number of carbonyl (C=O) groups is 1. The minimum Gasteiger partial charge on any atom is -0.466 e. The summed E-state index contributed by atoms with van der Waals surface area (Å²) in [6.45, 7) is 3.95. The maximum atomic E-state index is 11.4. The molecule has 0 aliphatic carbocycles. The molecule has 0 saturated carbocycles. The molecule has 1 rings (SSSR count). The Morgan fingerprint density at radius 1 is 1.31 bits per heavy atom. The predicted octanol–water partition coefficient (Wildman–Crippen LogP) is 2.24. The molecule has 3 nitrogen and oxygen atoms in total. The third-order valence-corrected chi connectivity index (χ3v) is 2.64. The summed E-state index contributed by atoms with van der Waals surface area (Å²) in [5.74, 6) is -0.365. The molecule has 1 atom stereocenters. The minimum absolute atomic E-state index is 0.00134. The molecule has 1 N–H and O–H groups in total. The number of hydrogen-bond acceptors (Lipinski definition) is 3. The molecule has 0 aromatic heterocycles. The highest BCUT2D eigenvalue weighted by atomic mass is 16.5. The Labute approximate surface area is 96.1 Å². The summed E-state index contributed by atoms with van der Waals surface area (Å²) in [7, 11) is 0. The lowest BCUT2D eigenvalue weighted by Gasteiger charge is -2.26. The standard InChI is InChI=1S/C13H18O3/c1-3-13(15,10-12(14)16-4-2)11-8-6-5-7-9-11/h5-9,15H,3-4,10H2,1-2H3/t13-/m1/s1. The molecule has 1 aromatic rings. The summed E-state index contributed by atoms with van der Waals surface area (Å²) >= 11 is 0. The van der Waals surface area contributed by atoms with Gasteiger partial charge >= 0.3 is 5.97 Å². The fraction of sp³-hybridized carbons (Fsp3) is 0.462. The number of carbonyl (C=O) groups excluding carboxylic acids is 1. The summed E-state index contributed by atoms with van der Waals surface area (Å²) in [5, 5.41) is 10.4. The molecule has 0 spiro atoms. The van der Waals surface area contributed by atoms with Crippen LogP contribution in [0.4, 0.5) is 0 Å². The second-order valence-electron chi connectivity index (χ2n) is 3.73. The first kappa shape index (κ1) is 12.7. The largest absolute Gasteiger partial charge is 0.466 e. The van der Waals surface area contributed by atoms with E-state index < -0.39 is 5.60 Å². The highest BCUT2D eigenvalue weighted by molar-refractivity contribution is 5.71. The summed E-state index contributed by atoms with van der Waals surface area (Å²) in [5.41, 5.74) is -0.362. The van der Waals surface area contributed by atoms with Crippen LogP contribution in [0.1, 0.15) is 32.3 Å². The van der Waals surface area contributed by atoms with Crippen LogP contribution in [0, 0.1) is 0 Å². The van der Waals surface area contributed by atoms with Crippen molar-refractivity contribution in [2.75, 3.05) is 6.61 Å². The van der Waals surface area contributed by atoms with Crippen molar-refractivity contribution < 1.29 is 14.6 Å². The van der Waals surface area contributed by atoms with Gasteiger partial charge in [-0.25, -0.2) is 0 Å². The molecule has 1 aromatic carbocycles. The van der Waals surface area contributed by atoms with E-state index in [4.69, 9.17) is 4.74 Å². The molecule has 0 fully saturated rings. The summed E-state index contributed by atoms with van der Waals surface area (Å²) in [6.07, 6.45) is 0.483. The molecule has 0 aliphatic rings. The van der Waals surface area contributed by atoms with Crippen molar-refractivity contribution in [2.24, 2.45) is 0 Å². The summed E-state index contributed by atoms with van der Waals surface area (Å²) in [4.78, 5) is 11.4. The first-order valence-corrected chi connectivity index (χ1v) is 5.56. The van der Waals surface area contributed by atoms with Gasteiger partial charge in [0.25, 0.3) is 0 Å². The molecular formula is C13H18O3. The van der Waals surface area contributed by atoms with Gasteiger partial charge in [-0.2, -0.15) is 0 Å². The molecule has 3 heteroatoms. The molecule has 0 radical (unpaired) electrons. The highest BCUT2D eigenvalue weighted by Gasteiger charge is 2.30. The number of hydrogen-bond donors (Lipinski definition) is 1. The third-order valence-electron chi connectivity index (χ3n) is 2.64. The average molecular weight is 222 g/mol. The molecule has 0 amide bonds. The zero-order valence-electron chi connectivity index (χ0n) is 9.77. The van der Waals surface area contributed by atoms with Gasteiger partial charge in [-0.05, 0) is 18.9 Å². The fourth-order valence-corrected chi connectivity index (χ4v) is 1.63. The van der Waals surface area contributed by atoms with Crippen molar-refractivity contribution >= 4 is 5.97 Å². The number of ether oxygens (including phenoxy) is 1. The van der Waals surface area contributed by atoms with Crippen molar-refractivity contribution in [1.29, 1.82) is 0 Å². The molecule has 0 heterocycles. The minimum atomic E-state index is -1.12. The van der Waals surface area contributed by atoms with Gasteiger partial charge in [-0.1, -0.05) is 37.3 Å². The molecule has 0 saturated heterocycles. The van der Waals surface area contributed by atoms with E-state index in [0.29, 0.717) is 13.0 Å². The van der Waals surface area contributed by atoms with Crippen LogP contribution in [0.2, 0.25) is 0 Å². The monoisotopic (exact) mass is 222 g/mol. The molecule has 88 valence electrons. The van der Waals surface area contributed by atoms with Crippen molar-refractivity contribution in [3.63, 3.8) is 0 Å². The van der Waals surface area contributed by atoms with Crippen LogP contribution in [-0.2, 0) is 15.1 Å². The van der Waals surface area contributed by atoms with Crippen molar-refractivity contribution in [3.8, 4) is 0 Å². The van der Waals surface area contributed by atoms with Crippen LogP contribution in [0.25, 0.3) is 0 Å². The van der Waals surface area contributed by atoms with Gasteiger partial charge in [0.2, 0.25) is 0 Å². The van der Waals surface area contributed by atoms with Crippen molar-refractivity contribution in [3.05, 3.63) is 35.9 Å². The Balaban J connectivity index is 2.82. The lowest BCUT2D eigenvalue weighted by Crippen LogP contribution is -2.29. The predicted molar refractivity (Wildman–Crippen MR) is 61.9 cm³/mol. The second kappa shape index (κ2) is 5.66. The maximum Gasteiger partial charge on any atom is 0.309 e. The zero-order chi connectivity index (χ0) is 12.0. The summed E-state index contributed by atoms with van der Waals surface area (Å²) in [6, 6.07) is 9.22. The molecule has 0 aliphatic heterocycles. The Morgan fingerprint density at radius 2 is 1.94 bits per heavy atom. The van der Waals surface area contributed by atoms with E-state index in [0.717, 1.165) is 5.56 Å². The van der Waals surface area contributed by atoms with E-state index in [1.54, 1.807) is 6.92 Å². The first-order chi connectivity index (χ1) is 7.62. The maximum absolute atomic E-state index is 11.4. The van der Waals surface area contributed by atoms with Crippen LogP contribution >= 0.6 is 0 Å². The summed E-state index contributed by atoms with van der Waals surface area (Å²) < 4.78 is 4.86. The van der Waals surface area contributed by atoms with E-state index >= 15 is 0 Å². The Kier molecular flexibility index (Phi) is 4.50. The average Bonchev–Trinajstić information content (AvgIpc) is 2.30. The Bertz CT molecular complexity index is 334. The smallest absolute Gasteiger partial charge is 0.309 e. The lowest BCUT2D eigenvalue weighted by atomic mass is 9.88. The SMILES string of the molecule is CCOC(=O)C[C@](O)(CC)c1ccccc1. The number of esters is 1. The number of benzene rings is 1. The van der Waals surface area contributed by atoms with Crippen molar-refractivity contribution in [1.82, 2.24) is 0 Å². The van der Waals surface area contributed by atoms with Crippen LogP contribution < -0.4 is 0 Å². The van der Waals surface area contributed by atoms with Crippen LogP contribution in [0.15, 0.2) is 30.3 Å². The van der Waals surface area contributed by atoms with Gasteiger partial charge in [0.05, 0.1) is 18.6 Å².